The Morgan fingerprint density at radius 2 is 1.50 bits per heavy atom. The van der Waals surface area contributed by atoms with Crippen molar-refractivity contribution in [2.24, 2.45) is 7.05 Å². The molecule has 0 spiro atoms. The summed E-state index contributed by atoms with van der Waals surface area (Å²) in [6.07, 6.45) is 1.56. The van der Waals surface area contributed by atoms with E-state index < -0.39 is 9.84 Å². The van der Waals surface area contributed by atoms with E-state index in [4.69, 9.17) is 4.98 Å². The van der Waals surface area contributed by atoms with E-state index in [0.717, 1.165) is 78.1 Å². The minimum Gasteiger partial charge on any atom is -0.369 e. The molecule has 0 unspecified atom stereocenters. The molecule has 0 atom stereocenters. The molecule has 0 radical (unpaired) electrons. The minimum absolute atomic E-state index is 0.192. The molecule has 2 fully saturated rings. The molecular weight excluding hydrogens is 492 g/mol. The van der Waals surface area contributed by atoms with Gasteiger partial charge in [0.2, 0.25) is 0 Å². The van der Waals surface area contributed by atoms with E-state index in [1.807, 2.05) is 12.1 Å². The Labute approximate surface area is 225 Å². The molecule has 3 heterocycles. The Bertz CT molecular complexity index is 1580. The van der Waals surface area contributed by atoms with Crippen LogP contribution in [0.4, 0.5) is 5.69 Å². The highest BCUT2D eigenvalue weighted by Gasteiger charge is 2.36. The third-order valence-electron chi connectivity index (χ3n) is 8.25. The molecule has 0 amide bonds. The van der Waals surface area contributed by atoms with Gasteiger partial charge >= 0.3 is 0 Å². The first-order chi connectivity index (χ1) is 18.2. The number of anilines is 1. The molecule has 2 aromatic heterocycles. The van der Waals surface area contributed by atoms with Crippen molar-refractivity contribution < 1.29 is 8.42 Å². The van der Waals surface area contributed by atoms with E-state index >= 15 is 0 Å². The summed E-state index contributed by atoms with van der Waals surface area (Å²) in [4.78, 5) is 10.4. The van der Waals surface area contributed by atoms with E-state index in [9.17, 15) is 8.42 Å². The minimum atomic E-state index is -3.18. The quantitative estimate of drug-likeness (QED) is 0.322. The van der Waals surface area contributed by atoms with Gasteiger partial charge in [-0.2, -0.15) is 0 Å². The lowest BCUT2D eigenvalue weighted by Gasteiger charge is -2.38. The number of piperazine rings is 1. The van der Waals surface area contributed by atoms with Gasteiger partial charge in [0.1, 0.15) is 0 Å². The smallest absolute Gasteiger partial charge is 0.181 e. The first kappa shape index (κ1) is 25.1. The SMILES string of the molecule is Cc1nc(-c2ccc(N3CCN(C(C)C)CC3)cc2)cc2c1cc(-c1ccc(S(=O)(=O)C3CC3)cc1)n2C. The van der Waals surface area contributed by atoms with E-state index in [1.54, 1.807) is 12.1 Å². The van der Waals surface area contributed by atoms with Gasteiger partial charge in [-0.1, -0.05) is 24.3 Å². The molecule has 6 nitrogen and oxygen atoms in total. The number of hydrogen-bond donors (Lipinski definition) is 0. The number of rotatable bonds is 6. The summed E-state index contributed by atoms with van der Waals surface area (Å²) >= 11 is 0. The second-order valence-electron chi connectivity index (χ2n) is 11.0. The molecule has 4 aromatic rings. The van der Waals surface area contributed by atoms with Crippen molar-refractivity contribution in [2.45, 2.75) is 49.8 Å². The molecule has 6 rings (SSSR count). The fraction of sp³-hybridized carbons (Fsp3) is 0.387. The Morgan fingerprint density at radius 3 is 2.11 bits per heavy atom. The highest BCUT2D eigenvalue weighted by molar-refractivity contribution is 7.92. The number of hydrogen-bond acceptors (Lipinski definition) is 5. The average Bonchev–Trinajstić information content (AvgIpc) is 3.74. The standard InChI is InChI=1S/C31H36N4O2S/c1-21(2)34-15-17-35(18-16-34)25-9-5-23(6-10-25)29-20-31-28(22(3)32-29)19-30(33(31)4)24-7-11-26(12-8-24)38(36,37)27-13-14-27/h5-12,19-21,27H,13-18H2,1-4H3. The Morgan fingerprint density at radius 1 is 0.868 bits per heavy atom. The van der Waals surface area contributed by atoms with Gasteiger partial charge in [0.25, 0.3) is 0 Å². The molecule has 1 aliphatic heterocycles. The highest BCUT2D eigenvalue weighted by atomic mass is 32.2. The molecule has 2 aliphatic rings. The van der Waals surface area contributed by atoms with Gasteiger partial charge in [0.15, 0.2) is 9.84 Å². The Kier molecular flexibility index (Phi) is 6.31. The number of nitrogens with zero attached hydrogens (tertiary/aromatic N) is 4. The molecule has 0 bridgehead atoms. The van der Waals surface area contributed by atoms with Crippen LogP contribution in [0.3, 0.4) is 0 Å². The monoisotopic (exact) mass is 528 g/mol. The molecule has 1 saturated heterocycles. The van der Waals surface area contributed by atoms with Crippen LogP contribution in [0.15, 0.2) is 65.6 Å². The zero-order chi connectivity index (χ0) is 26.6. The molecule has 2 aromatic carbocycles. The van der Waals surface area contributed by atoms with Crippen LogP contribution in [0, 0.1) is 6.92 Å². The van der Waals surface area contributed by atoms with Crippen LogP contribution in [0.5, 0.6) is 0 Å². The van der Waals surface area contributed by atoms with Gasteiger partial charge in [-0.25, -0.2) is 8.42 Å². The zero-order valence-corrected chi connectivity index (χ0v) is 23.5. The number of aryl methyl sites for hydroxylation is 2. The number of benzene rings is 2. The van der Waals surface area contributed by atoms with E-state index in [0.29, 0.717) is 10.9 Å². The fourth-order valence-electron chi connectivity index (χ4n) is 5.64. The second-order valence-corrected chi connectivity index (χ2v) is 13.3. The van der Waals surface area contributed by atoms with E-state index in [2.05, 4.69) is 78.6 Å². The van der Waals surface area contributed by atoms with Crippen LogP contribution < -0.4 is 4.90 Å². The van der Waals surface area contributed by atoms with Crippen LogP contribution in [-0.4, -0.2) is 60.3 Å². The lowest BCUT2D eigenvalue weighted by atomic mass is 10.1. The molecule has 38 heavy (non-hydrogen) atoms. The predicted molar refractivity (Wildman–Crippen MR) is 155 cm³/mol. The normalized spacial score (nSPS) is 17.0. The highest BCUT2D eigenvalue weighted by Crippen LogP contribution is 2.36. The first-order valence-electron chi connectivity index (χ1n) is 13.6. The van der Waals surface area contributed by atoms with Crippen LogP contribution in [0.1, 0.15) is 32.4 Å². The maximum Gasteiger partial charge on any atom is 0.181 e. The van der Waals surface area contributed by atoms with Crippen LogP contribution in [0.2, 0.25) is 0 Å². The van der Waals surface area contributed by atoms with Crippen molar-refractivity contribution in [3.63, 3.8) is 0 Å². The molecule has 1 aliphatic carbocycles. The molecular formula is C31H36N4O2S. The van der Waals surface area contributed by atoms with Crippen molar-refractivity contribution in [1.82, 2.24) is 14.5 Å². The number of aromatic nitrogens is 2. The van der Waals surface area contributed by atoms with Crippen LogP contribution in [0.25, 0.3) is 33.4 Å². The molecule has 1 saturated carbocycles. The Hall–Kier alpha value is -3.16. The van der Waals surface area contributed by atoms with Crippen LogP contribution in [-0.2, 0) is 16.9 Å². The lowest BCUT2D eigenvalue weighted by molar-refractivity contribution is 0.209. The maximum atomic E-state index is 12.6. The van der Waals surface area contributed by atoms with Gasteiger partial charge in [-0.15, -0.1) is 0 Å². The van der Waals surface area contributed by atoms with Crippen molar-refractivity contribution in [2.75, 3.05) is 31.1 Å². The topological polar surface area (TPSA) is 58.4 Å². The van der Waals surface area contributed by atoms with Gasteiger partial charge in [0.05, 0.1) is 21.4 Å². The van der Waals surface area contributed by atoms with Gasteiger partial charge in [0, 0.05) is 67.3 Å². The van der Waals surface area contributed by atoms with E-state index in [1.165, 1.54) is 5.69 Å². The summed E-state index contributed by atoms with van der Waals surface area (Å²) in [5, 5.41) is 0.919. The van der Waals surface area contributed by atoms with Gasteiger partial charge in [-0.3, -0.25) is 9.88 Å². The van der Waals surface area contributed by atoms with Crippen molar-refractivity contribution in [3.05, 3.63) is 66.4 Å². The second kappa shape index (κ2) is 9.54. The van der Waals surface area contributed by atoms with Crippen LogP contribution >= 0.6 is 0 Å². The summed E-state index contributed by atoms with van der Waals surface area (Å²) < 4.78 is 27.4. The largest absolute Gasteiger partial charge is 0.369 e. The zero-order valence-electron chi connectivity index (χ0n) is 22.7. The molecule has 198 valence electrons. The molecule has 7 heteroatoms. The number of sulfone groups is 1. The predicted octanol–water partition coefficient (Wildman–Crippen LogP) is 5.68. The average molecular weight is 529 g/mol. The first-order valence-corrected chi connectivity index (χ1v) is 15.2. The number of fused-ring (bicyclic) bond motifs is 1. The van der Waals surface area contributed by atoms with Crippen molar-refractivity contribution in [1.29, 1.82) is 0 Å². The summed E-state index contributed by atoms with van der Waals surface area (Å²) in [6, 6.07) is 21.1. The van der Waals surface area contributed by atoms with Crippen molar-refractivity contribution in [3.8, 4) is 22.5 Å². The fourth-order valence-corrected chi connectivity index (χ4v) is 7.29. The van der Waals surface area contributed by atoms with E-state index in [-0.39, 0.29) is 5.25 Å². The molecule has 0 N–H and O–H groups in total. The summed E-state index contributed by atoms with van der Waals surface area (Å²) in [7, 11) is -1.12. The summed E-state index contributed by atoms with van der Waals surface area (Å²) in [5.41, 5.74) is 7.49. The van der Waals surface area contributed by atoms with Gasteiger partial charge < -0.3 is 9.47 Å². The van der Waals surface area contributed by atoms with Gasteiger partial charge in [-0.05, 0) is 75.6 Å². The van der Waals surface area contributed by atoms with Crippen molar-refractivity contribution >= 4 is 26.4 Å². The third-order valence-corrected chi connectivity index (χ3v) is 10.5. The Balaban J connectivity index is 1.26. The third kappa shape index (κ3) is 4.52. The number of pyridine rings is 1. The summed E-state index contributed by atoms with van der Waals surface area (Å²) in [6.45, 7) is 10.9. The maximum absolute atomic E-state index is 12.6. The lowest BCUT2D eigenvalue weighted by Crippen LogP contribution is -2.48. The summed E-state index contributed by atoms with van der Waals surface area (Å²) in [5.74, 6) is 0.